The average molecular weight is 415 g/mol. The van der Waals surface area contributed by atoms with Crippen LogP contribution >= 0.6 is 11.6 Å². The first-order valence-corrected chi connectivity index (χ1v) is 12.4. The lowest BCUT2D eigenvalue weighted by atomic mass is 9.63. The van der Waals surface area contributed by atoms with Crippen LogP contribution < -0.4 is 0 Å². The maximum absolute atomic E-state index is 14.2. The zero-order valence-electron chi connectivity index (χ0n) is 17.9. The monoisotopic (exact) mass is 414 g/mol. The molecule has 0 heterocycles. The lowest BCUT2D eigenvalue weighted by Gasteiger charge is -2.42. The molecule has 2 aliphatic rings. The largest absolute Gasteiger partial charge is 0.205 e. The van der Waals surface area contributed by atoms with Gasteiger partial charge in [-0.25, -0.2) is 4.39 Å². The maximum Gasteiger partial charge on any atom is 0.149 e. The summed E-state index contributed by atoms with van der Waals surface area (Å²) < 4.78 is 14.2. The highest BCUT2D eigenvalue weighted by Gasteiger charge is 2.35. The summed E-state index contributed by atoms with van der Waals surface area (Å²) in [5.74, 6) is 3.21. The molecule has 0 N–H and O–H groups in total. The van der Waals surface area contributed by atoms with Gasteiger partial charge in [0.05, 0.1) is 5.02 Å². The van der Waals surface area contributed by atoms with E-state index in [4.69, 9.17) is 11.6 Å². The van der Waals surface area contributed by atoms with Gasteiger partial charge in [-0.3, -0.25) is 0 Å². The third-order valence-electron chi connectivity index (χ3n) is 7.84. The van der Waals surface area contributed by atoms with Gasteiger partial charge in [-0.2, -0.15) is 0 Å². The Bertz CT molecular complexity index is 814. The fourth-order valence-corrected chi connectivity index (χ4v) is 6.29. The third-order valence-corrected chi connectivity index (χ3v) is 8.13. The number of halogens is 2. The summed E-state index contributed by atoms with van der Waals surface area (Å²) in [6.07, 6.45) is 16.9. The first-order valence-electron chi connectivity index (χ1n) is 12.0. The first-order chi connectivity index (χ1) is 14.2. The fourth-order valence-electron chi connectivity index (χ4n) is 6.13. The highest BCUT2D eigenvalue weighted by molar-refractivity contribution is 6.31. The minimum Gasteiger partial charge on any atom is -0.205 e. The molecule has 4 atom stereocenters. The molecular formula is C27H36ClF. The summed E-state index contributed by atoms with van der Waals surface area (Å²) >= 11 is 5.94. The van der Waals surface area contributed by atoms with E-state index in [0.717, 1.165) is 23.1 Å². The van der Waals surface area contributed by atoms with Gasteiger partial charge in [0, 0.05) is 5.39 Å². The molecule has 0 amide bonds. The fraction of sp³-hybridized carbons (Fsp3) is 0.630. The summed E-state index contributed by atoms with van der Waals surface area (Å²) in [4.78, 5) is 0. The number of unbranched alkanes of at least 4 members (excludes halogenated alkanes) is 4. The number of benzene rings is 2. The molecule has 4 rings (SSSR count). The van der Waals surface area contributed by atoms with Crippen molar-refractivity contribution in [3.63, 3.8) is 0 Å². The minimum absolute atomic E-state index is 0.216. The molecule has 158 valence electrons. The van der Waals surface area contributed by atoms with Crippen molar-refractivity contribution in [2.24, 2.45) is 17.8 Å². The normalized spacial score (nSPS) is 27.1. The maximum atomic E-state index is 14.2. The quantitative estimate of drug-likeness (QED) is 0.396. The standard InChI is InChI=1S/C27H36ClF/c1-2-3-4-5-6-7-19-8-9-21-17-22(11-10-20(21)16-19)23-12-14-25-24(18-23)13-15-26(28)27(25)29/h12-15,18-22H,2-11,16-17H2,1H3. The van der Waals surface area contributed by atoms with Gasteiger partial charge in [-0.1, -0.05) is 87.7 Å². The van der Waals surface area contributed by atoms with Crippen molar-refractivity contribution >= 4 is 22.4 Å². The predicted molar refractivity (Wildman–Crippen MR) is 123 cm³/mol. The summed E-state index contributed by atoms with van der Waals surface area (Å²) in [5, 5.41) is 1.85. The van der Waals surface area contributed by atoms with Crippen LogP contribution in [0.3, 0.4) is 0 Å². The second-order valence-electron chi connectivity index (χ2n) is 9.75. The highest BCUT2D eigenvalue weighted by Crippen LogP contribution is 2.48. The molecule has 0 nitrogen and oxygen atoms in total. The molecule has 2 fully saturated rings. The van der Waals surface area contributed by atoms with E-state index in [1.165, 1.54) is 82.6 Å². The molecule has 2 saturated carbocycles. The van der Waals surface area contributed by atoms with E-state index in [1.807, 2.05) is 12.1 Å². The predicted octanol–water partition coefficient (Wildman–Crippen LogP) is 9.29. The van der Waals surface area contributed by atoms with Crippen LogP contribution in [0.4, 0.5) is 4.39 Å². The Hall–Kier alpha value is -1.08. The molecule has 4 unspecified atom stereocenters. The first kappa shape index (κ1) is 21.2. The Morgan fingerprint density at radius 1 is 0.897 bits per heavy atom. The lowest BCUT2D eigenvalue weighted by molar-refractivity contribution is 0.113. The van der Waals surface area contributed by atoms with Crippen molar-refractivity contribution < 1.29 is 4.39 Å². The van der Waals surface area contributed by atoms with Crippen LogP contribution in [0.2, 0.25) is 5.02 Å². The van der Waals surface area contributed by atoms with E-state index in [2.05, 4.69) is 19.1 Å². The van der Waals surface area contributed by atoms with E-state index in [0.29, 0.717) is 11.3 Å². The molecule has 0 saturated heterocycles. The van der Waals surface area contributed by atoms with Crippen LogP contribution in [-0.2, 0) is 0 Å². The molecule has 0 bridgehead atoms. The third kappa shape index (κ3) is 4.98. The highest BCUT2D eigenvalue weighted by atomic mass is 35.5. The SMILES string of the molecule is CCCCCCCC1CCC2CC(c3ccc4c(F)c(Cl)ccc4c3)CCC2C1. The van der Waals surface area contributed by atoms with Crippen molar-refractivity contribution in [1.82, 2.24) is 0 Å². The Morgan fingerprint density at radius 2 is 1.69 bits per heavy atom. The number of hydrogen-bond acceptors (Lipinski definition) is 0. The number of fused-ring (bicyclic) bond motifs is 2. The van der Waals surface area contributed by atoms with Gasteiger partial charge in [-0.15, -0.1) is 0 Å². The molecule has 29 heavy (non-hydrogen) atoms. The van der Waals surface area contributed by atoms with E-state index in [9.17, 15) is 4.39 Å². The van der Waals surface area contributed by atoms with E-state index in [1.54, 1.807) is 6.07 Å². The molecule has 2 aromatic carbocycles. The smallest absolute Gasteiger partial charge is 0.149 e. The van der Waals surface area contributed by atoms with Crippen molar-refractivity contribution in [3.05, 3.63) is 46.7 Å². The lowest BCUT2D eigenvalue weighted by Crippen LogP contribution is -2.30. The van der Waals surface area contributed by atoms with Crippen molar-refractivity contribution in [2.45, 2.75) is 89.9 Å². The Labute approximate surface area is 181 Å². The second-order valence-corrected chi connectivity index (χ2v) is 10.2. The van der Waals surface area contributed by atoms with Gasteiger partial charge < -0.3 is 0 Å². The summed E-state index contributed by atoms with van der Waals surface area (Å²) in [7, 11) is 0. The number of rotatable bonds is 7. The van der Waals surface area contributed by atoms with Crippen molar-refractivity contribution in [3.8, 4) is 0 Å². The van der Waals surface area contributed by atoms with Crippen LogP contribution in [0.5, 0.6) is 0 Å². The Morgan fingerprint density at radius 3 is 2.55 bits per heavy atom. The average Bonchev–Trinajstić information content (AvgIpc) is 2.75. The van der Waals surface area contributed by atoms with Crippen molar-refractivity contribution in [1.29, 1.82) is 0 Å². The van der Waals surface area contributed by atoms with Crippen LogP contribution in [0.1, 0.15) is 95.5 Å². The molecule has 0 aliphatic heterocycles. The molecule has 2 heteroatoms. The van der Waals surface area contributed by atoms with Gasteiger partial charge in [0.15, 0.2) is 0 Å². The van der Waals surface area contributed by atoms with Crippen LogP contribution in [-0.4, -0.2) is 0 Å². The Balaban J connectivity index is 1.33. The zero-order chi connectivity index (χ0) is 20.2. The topological polar surface area (TPSA) is 0 Å². The van der Waals surface area contributed by atoms with Crippen LogP contribution in [0.25, 0.3) is 10.8 Å². The Kier molecular flexibility index (Phi) is 7.16. The van der Waals surface area contributed by atoms with Gasteiger partial charge in [0.2, 0.25) is 0 Å². The molecule has 0 radical (unpaired) electrons. The van der Waals surface area contributed by atoms with Gasteiger partial charge in [-0.05, 0) is 72.8 Å². The molecule has 0 spiro atoms. The summed E-state index contributed by atoms with van der Waals surface area (Å²) in [5.41, 5.74) is 1.40. The number of hydrogen-bond donors (Lipinski definition) is 0. The second kappa shape index (κ2) is 9.82. The summed E-state index contributed by atoms with van der Waals surface area (Å²) in [6, 6.07) is 9.94. The van der Waals surface area contributed by atoms with Crippen LogP contribution in [0, 0.1) is 23.6 Å². The van der Waals surface area contributed by atoms with Gasteiger partial charge in [0.25, 0.3) is 0 Å². The molecular weight excluding hydrogens is 379 g/mol. The van der Waals surface area contributed by atoms with E-state index < -0.39 is 0 Å². The molecule has 2 aromatic rings. The zero-order valence-corrected chi connectivity index (χ0v) is 18.7. The van der Waals surface area contributed by atoms with E-state index in [-0.39, 0.29) is 10.8 Å². The minimum atomic E-state index is -0.285. The van der Waals surface area contributed by atoms with Crippen LogP contribution in [0.15, 0.2) is 30.3 Å². The summed E-state index contributed by atoms with van der Waals surface area (Å²) in [6.45, 7) is 2.30. The van der Waals surface area contributed by atoms with Gasteiger partial charge in [0.1, 0.15) is 5.82 Å². The molecule has 0 aromatic heterocycles. The van der Waals surface area contributed by atoms with E-state index >= 15 is 0 Å². The molecule has 2 aliphatic carbocycles. The van der Waals surface area contributed by atoms with Gasteiger partial charge >= 0.3 is 0 Å². The van der Waals surface area contributed by atoms with Crippen molar-refractivity contribution in [2.75, 3.05) is 0 Å².